The molecule has 1 aliphatic carbocycles. The quantitative estimate of drug-likeness (QED) is 0.593. The van der Waals surface area contributed by atoms with Gasteiger partial charge >= 0.3 is 0 Å². The molecule has 1 unspecified atom stereocenters. The van der Waals surface area contributed by atoms with Gasteiger partial charge in [-0.05, 0) is 56.4 Å². The number of ether oxygens (including phenoxy) is 2. The van der Waals surface area contributed by atoms with Crippen LogP contribution in [0.15, 0.2) is 24.4 Å². The van der Waals surface area contributed by atoms with Crippen LogP contribution in [0.1, 0.15) is 23.7 Å². The molecule has 1 aromatic heterocycles. The average molecular weight is 341 g/mol. The predicted octanol–water partition coefficient (Wildman–Crippen LogP) is 1.98. The van der Waals surface area contributed by atoms with E-state index in [0.717, 1.165) is 36.1 Å². The zero-order chi connectivity index (χ0) is 17.4. The minimum absolute atomic E-state index is 0.201. The third-order valence-electron chi connectivity index (χ3n) is 5.42. The van der Waals surface area contributed by atoms with Crippen LogP contribution in [0, 0.1) is 11.3 Å². The Morgan fingerprint density at radius 2 is 2.40 bits per heavy atom. The van der Waals surface area contributed by atoms with Gasteiger partial charge in [-0.2, -0.15) is 0 Å². The number of benzene rings is 1. The summed E-state index contributed by atoms with van der Waals surface area (Å²) in [6.07, 6.45) is 3.56. The maximum absolute atomic E-state index is 11.4. The van der Waals surface area contributed by atoms with Crippen molar-refractivity contribution < 1.29 is 14.3 Å². The maximum atomic E-state index is 11.4. The highest BCUT2D eigenvalue weighted by molar-refractivity contribution is 5.94. The van der Waals surface area contributed by atoms with Crippen molar-refractivity contribution in [2.45, 2.75) is 19.6 Å². The summed E-state index contributed by atoms with van der Waals surface area (Å²) in [5, 5.41) is 8.22. The van der Waals surface area contributed by atoms with Gasteiger partial charge in [0.1, 0.15) is 12.0 Å². The first-order valence-electron chi connectivity index (χ1n) is 8.70. The van der Waals surface area contributed by atoms with Gasteiger partial charge in [0.05, 0.1) is 12.2 Å². The van der Waals surface area contributed by atoms with Crippen LogP contribution in [0.25, 0.3) is 10.8 Å². The number of hydrogen-bond acceptors (Lipinski definition) is 6. The van der Waals surface area contributed by atoms with Gasteiger partial charge in [-0.3, -0.25) is 10.1 Å². The fraction of sp³-hybridized carbons (Fsp3) is 0.474. The Kier molecular flexibility index (Phi) is 4.09. The fourth-order valence-corrected chi connectivity index (χ4v) is 3.62. The summed E-state index contributed by atoms with van der Waals surface area (Å²) >= 11 is 0. The van der Waals surface area contributed by atoms with Crippen molar-refractivity contribution >= 4 is 17.1 Å². The summed E-state index contributed by atoms with van der Waals surface area (Å²) in [6.45, 7) is 4.68. The van der Waals surface area contributed by atoms with Gasteiger partial charge in [0, 0.05) is 23.5 Å². The van der Waals surface area contributed by atoms with Gasteiger partial charge in [-0.15, -0.1) is 0 Å². The Bertz CT molecular complexity index is 810. The molecule has 6 nitrogen and oxygen atoms in total. The number of nitrogens with zero attached hydrogens (tertiary/aromatic N) is 1. The molecule has 4 rings (SSSR count). The molecule has 25 heavy (non-hydrogen) atoms. The highest BCUT2D eigenvalue weighted by atomic mass is 16.5. The third-order valence-corrected chi connectivity index (χ3v) is 5.42. The first-order chi connectivity index (χ1) is 12.1. The fourth-order valence-electron chi connectivity index (χ4n) is 3.62. The van der Waals surface area contributed by atoms with Crippen molar-refractivity contribution in [2.24, 2.45) is 11.3 Å². The summed E-state index contributed by atoms with van der Waals surface area (Å²) in [5.74, 6) is 1.87. The summed E-state index contributed by atoms with van der Waals surface area (Å²) < 4.78 is 11.9. The standard InChI is InChI=1S/C19H23N3O3/c1-12(20-2)25-17-6-16-13(5-14(17)9-23)3-4-22-18(16)24-11-19-7-15(19)8-21-10-19/h3-6,9,12,15,20-21H,7-8,10-11H2,1-2H3/t12?,15-,19+/m1/s1. The molecule has 6 heteroatoms. The minimum atomic E-state index is -0.201. The van der Waals surface area contributed by atoms with E-state index in [2.05, 4.69) is 15.6 Å². The lowest BCUT2D eigenvalue weighted by Gasteiger charge is -2.17. The molecule has 2 aromatic rings. The highest BCUT2D eigenvalue weighted by Gasteiger charge is 2.57. The topological polar surface area (TPSA) is 72.5 Å². The van der Waals surface area contributed by atoms with Crippen LogP contribution in [0.5, 0.6) is 11.6 Å². The molecular formula is C19H23N3O3. The molecule has 0 bridgehead atoms. The van der Waals surface area contributed by atoms with E-state index in [1.165, 1.54) is 6.42 Å². The van der Waals surface area contributed by atoms with Gasteiger partial charge in [0.2, 0.25) is 5.88 Å². The van der Waals surface area contributed by atoms with Crippen molar-refractivity contribution in [3.8, 4) is 11.6 Å². The Hall–Kier alpha value is -2.18. The van der Waals surface area contributed by atoms with E-state index < -0.39 is 0 Å². The summed E-state index contributed by atoms with van der Waals surface area (Å²) in [6, 6.07) is 5.56. The zero-order valence-corrected chi connectivity index (χ0v) is 14.5. The van der Waals surface area contributed by atoms with E-state index in [1.807, 2.05) is 32.2 Å². The van der Waals surface area contributed by atoms with Gasteiger partial charge < -0.3 is 14.8 Å². The van der Waals surface area contributed by atoms with Crippen molar-refractivity contribution in [3.05, 3.63) is 30.0 Å². The molecule has 132 valence electrons. The largest absolute Gasteiger partial charge is 0.477 e. The predicted molar refractivity (Wildman–Crippen MR) is 95.2 cm³/mol. The van der Waals surface area contributed by atoms with E-state index in [-0.39, 0.29) is 11.6 Å². The highest BCUT2D eigenvalue weighted by Crippen LogP contribution is 2.55. The van der Waals surface area contributed by atoms with Crippen LogP contribution in [-0.2, 0) is 0 Å². The summed E-state index contributed by atoms with van der Waals surface area (Å²) in [4.78, 5) is 15.8. The molecule has 2 heterocycles. The van der Waals surface area contributed by atoms with Crippen molar-refractivity contribution in [1.29, 1.82) is 0 Å². The van der Waals surface area contributed by atoms with E-state index in [9.17, 15) is 4.79 Å². The molecule has 1 saturated carbocycles. The van der Waals surface area contributed by atoms with E-state index in [0.29, 0.717) is 23.8 Å². The lowest BCUT2D eigenvalue weighted by atomic mass is 10.1. The molecule has 1 aromatic carbocycles. The number of nitrogens with one attached hydrogen (secondary N) is 2. The number of aldehydes is 1. The lowest BCUT2D eigenvalue weighted by Crippen LogP contribution is -2.27. The van der Waals surface area contributed by atoms with Gasteiger partial charge in [0.15, 0.2) is 6.29 Å². The van der Waals surface area contributed by atoms with E-state index >= 15 is 0 Å². The van der Waals surface area contributed by atoms with Gasteiger partial charge in [0.25, 0.3) is 0 Å². The van der Waals surface area contributed by atoms with Crippen LogP contribution < -0.4 is 20.1 Å². The Labute approximate surface area is 146 Å². The van der Waals surface area contributed by atoms with Gasteiger partial charge in [-0.25, -0.2) is 4.98 Å². The number of carbonyl (C=O) groups excluding carboxylic acids is 1. The van der Waals surface area contributed by atoms with Gasteiger partial charge in [-0.1, -0.05) is 0 Å². The molecule has 2 N–H and O–H groups in total. The number of aromatic nitrogens is 1. The average Bonchev–Trinajstić information content (AvgIpc) is 3.18. The van der Waals surface area contributed by atoms with Crippen LogP contribution in [0.4, 0.5) is 0 Å². The Balaban J connectivity index is 1.64. The summed E-state index contributed by atoms with van der Waals surface area (Å²) in [5.41, 5.74) is 0.805. The molecular weight excluding hydrogens is 318 g/mol. The lowest BCUT2D eigenvalue weighted by molar-refractivity contribution is 0.111. The van der Waals surface area contributed by atoms with E-state index in [4.69, 9.17) is 9.47 Å². The number of hydrogen-bond donors (Lipinski definition) is 2. The summed E-state index contributed by atoms with van der Waals surface area (Å²) in [7, 11) is 1.81. The first-order valence-corrected chi connectivity index (χ1v) is 8.70. The zero-order valence-electron chi connectivity index (χ0n) is 14.5. The second-order valence-electron chi connectivity index (χ2n) is 7.08. The first kappa shape index (κ1) is 16.3. The molecule has 0 radical (unpaired) electrons. The van der Waals surface area contributed by atoms with E-state index in [1.54, 1.807) is 6.20 Å². The number of carbonyl (C=O) groups is 1. The molecule has 0 amide bonds. The van der Waals surface area contributed by atoms with Crippen LogP contribution >= 0.6 is 0 Å². The second-order valence-corrected chi connectivity index (χ2v) is 7.08. The third kappa shape index (κ3) is 2.96. The number of pyridine rings is 1. The molecule has 2 aliphatic rings. The molecule has 1 aliphatic heterocycles. The normalized spacial score (nSPS) is 25.4. The van der Waals surface area contributed by atoms with Crippen molar-refractivity contribution in [3.63, 3.8) is 0 Å². The number of piperidine rings is 1. The van der Waals surface area contributed by atoms with Crippen LogP contribution in [0.3, 0.4) is 0 Å². The molecule has 0 spiro atoms. The van der Waals surface area contributed by atoms with Crippen LogP contribution in [0.2, 0.25) is 0 Å². The minimum Gasteiger partial charge on any atom is -0.477 e. The monoisotopic (exact) mass is 341 g/mol. The Morgan fingerprint density at radius 1 is 1.52 bits per heavy atom. The van der Waals surface area contributed by atoms with Crippen molar-refractivity contribution in [1.82, 2.24) is 15.6 Å². The smallest absolute Gasteiger partial charge is 0.221 e. The molecule has 1 saturated heterocycles. The SMILES string of the molecule is CNC(C)Oc1cc2c(OC[C@]34CNC[C@H]3C4)nccc2cc1C=O. The molecule has 2 fully saturated rings. The maximum Gasteiger partial charge on any atom is 0.221 e. The number of rotatable bonds is 7. The number of fused-ring (bicyclic) bond motifs is 2. The molecule has 3 atom stereocenters. The second kappa shape index (κ2) is 6.28. The Morgan fingerprint density at radius 3 is 3.08 bits per heavy atom. The van der Waals surface area contributed by atoms with Crippen molar-refractivity contribution in [2.75, 3.05) is 26.7 Å². The van der Waals surface area contributed by atoms with Crippen LogP contribution in [-0.4, -0.2) is 44.2 Å².